The Balaban J connectivity index is 1.71. The molecule has 5 nitrogen and oxygen atoms in total. The van der Waals surface area contributed by atoms with Gasteiger partial charge in [-0.25, -0.2) is 10.9 Å². The van der Waals surface area contributed by atoms with Crippen molar-refractivity contribution in [3.05, 3.63) is 59.2 Å². The predicted octanol–water partition coefficient (Wildman–Crippen LogP) is 3.27. The van der Waals surface area contributed by atoms with Crippen molar-refractivity contribution >= 4 is 11.6 Å². The summed E-state index contributed by atoms with van der Waals surface area (Å²) in [6, 6.07) is 8.97. The first-order valence-electron chi connectivity index (χ1n) is 8.03. The molecule has 2 aromatic rings. The molecule has 1 aliphatic heterocycles. The van der Waals surface area contributed by atoms with Crippen LogP contribution in [-0.4, -0.2) is 17.1 Å². The Labute approximate surface area is 148 Å². The summed E-state index contributed by atoms with van der Waals surface area (Å²) in [6.45, 7) is 1.85. The average Bonchev–Trinajstić information content (AvgIpc) is 3.04. The van der Waals surface area contributed by atoms with Gasteiger partial charge in [-0.1, -0.05) is 24.3 Å². The normalized spacial score (nSPS) is 20.2. The molecule has 2 atom stereocenters. The third-order valence-corrected chi connectivity index (χ3v) is 4.27. The molecule has 4 N–H and O–H groups in total. The van der Waals surface area contributed by atoms with Gasteiger partial charge in [0.15, 0.2) is 0 Å². The number of aromatic hydroxyl groups is 1. The van der Waals surface area contributed by atoms with E-state index in [0.29, 0.717) is 5.56 Å². The van der Waals surface area contributed by atoms with E-state index in [4.69, 9.17) is 0 Å². The number of hydrazine groups is 1. The number of phenolic OH excluding ortho intramolecular Hbond substituents is 1. The third-order valence-electron chi connectivity index (χ3n) is 4.27. The highest BCUT2D eigenvalue weighted by molar-refractivity contribution is 5.95. The zero-order valence-corrected chi connectivity index (χ0v) is 13.9. The number of para-hydroxylation sites is 1. The molecule has 8 heteroatoms. The lowest BCUT2D eigenvalue weighted by Crippen LogP contribution is -2.39. The molecule has 1 fully saturated rings. The second kappa shape index (κ2) is 6.97. The number of phenols is 1. The summed E-state index contributed by atoms with van der Waals surface area (Å²) in [4.78, 5) is 12.4. The molecule has 0 aromatic heterocycles. The van der Waals surface area contributed by atoms with Crippen LogP contribution in [0.4, 0.5) is 18.9 Å². The standard InChI is InChI=1S/C18H18F3N3O2/c1-10-6-7-11(16(25)8-10)14-9-15(24-23-14)17(26)22-13-5-3-2-4-12(13)18(19,20)21/h2-8,14-15,23-25H,9H2,1H3,(H,22,26). The van der Waals surface area contributed by atoms with Crippen molar-refractivity contribution in [2.24, 2.45) is 0 Å². The summed E-state index contributed by atoms with van der Waals surface area (Å²) < 4.78 is 39.1. The zero-order valence-electron chi connectivity index (χ0n) is 13.9. The molecule has 0 radical (unpaired) electrons. The fraction of sp³-hybridized carbons (Fsp3) is 0.278. The van der Waals surface area contributed by atoms with Crippen molar-refractivity contribution in [1.29, 1.82) is 0 Å². The Morgan fingerprint density at radius 2 is 1.92 bits per heavy atom. The van der Waals surface area contributed by atoms with Crippen LogP contribution in [0.25, 0.3) is 0 Å². The molecule has 1 amide bonds. The maximum Gasteiger partial charge on any atom is 0.418 e. The molecule has 0 saturated carbocycles. The van der Waals surface area contributed by atoms with Crippen molar-refractivity contribution in [3.8, 4) is 5.75 Å². The van der Waals surface area contributed by atoms with Crippen molar-refractivity contribution in [2.45, 2.75) is 31.6 Å². The summed E-state index contributed by atoms with van der Waals surface area (Å²) >= 11 is 0. The number of anilines is 1. The van der Waals surface area contributed by atoms with E-state index in [0.717, 1.165) is 11.6 Å². The van der Waals surface area contributed by atoms with E-state index in [2.05, 4.69) is 16.2 Å². The highest BCUT2D eigenvalue weighted by Crippen LogP contribution is 2.35. The number of carbonyl (C=O) groups is 1. The second-order valence-corrected chi connectivity index (χ2v) is 6.22. The fourth-order valence-corrected chi connectivity index (χ4v) is 2.94. The molecule has 3 rings (SSSR count). The van der Waals surface area contributed by atoms with Crippen LogP contribution >= 0.6 is 0 Å². The number of nitrogens with one attached hydrogen (secondary N) is 3. The number of benzene rings is 2. The lowest BCUT2D eigenvalue weighted by Gasteiger charge is -2.15. The Morgan fingerprint density at radius 1 is 1.19 bits per heavy atom. The summed E-state index contributed by atoms with van der Waals surface area (Å²) in [7, 11) is 0. The lowest BCUT2D eigenvalue weighted by molar-refractivity contribution is -0.137. The molecule has 1 aliphatic rings. The van der Waals surface area contributed by atoms with Crippen molar-refractivity contribution in [3.63, 3.8) is 0 Å². The highest BCUT2D eigenvalue weighted by Gasteiger charge is 2.35. The van der Waals surface area contributed by atoms with Gasteiger partial charge in [0, 0.05) is 5.56 Å². The molecular formula is C18H18F3N3O2. The van der Waals surface area contributed by atoms with E-state index in [1.807, 2.05) is 13.0 Å². The molecule has 1 saturated heterocycles. The molecule has 0 bridgehead atoms. The number of alkyl halides is 3. The second-order valence-electron chi connectivity index (χ2n) is 6.22. The van der Waals surface area contributed by atoms with Crippen molar-refractivity contribution in [2.75, 3.05) is 5.32 Å². The van der Waals surface area contributed by atoms with E-state index in [9.17, 15) is 23.1 Å². The summed E-state index contributed by atoms with van der Waals surface area (Å²) in [6.07, 6.45) is -4.27. The van der Waals surface area contributed by atoms with E-state index in [-0.39, 0.29) is 23.9 Å². The number of rotatable bonds is 3. The van der Waals surface area contributed by atoms with E-state index >= 15 is 0 Å². The lowest BCUT2D eigenvalue weighted by atomic mass is 9.99. The van der Waals surface area contributed by atoms with Crippen LogP contribution in [0.2, 0.25) is 0 Å². The number of hydrogen-bond acceptors (Lipinski definition) is 4. The van der Waals surface area contributed by atoms with Crippen molar-refractivity contribution in [1.82, 2.24) is 10.9 Å². The largest absolute Gasteiger partial charge is 0.508 e. The minimum atomic E-state index is -4.55. The predicted molar refractivity (Wildman–Crippen MR) is 90.3 cm³/mol. The minimum Gasteiger partial charge on any atom is -0.508 e. The van der Waals surface area contributed by atoms with Gasteiger partial charge in [0.25, 0.3) is 0 Å². The van der Waals surface area contributed by atoms with E-state index in [1.165, 1.54) is 18.2 Å². The number of carbonyl (C=O) groups excluding carboxylic acids is 1. The Morgan fingerprint density at radius 3 is 2.62 bits per heavy atom. The van der Waals surface area contributed by atoms with Gasteiger partial charge in [0.1, 0.15) is 11.8 Å². The van der Waals surface area contributed by atoms with Gasteiger partial charge in [-0.3, -0.25) is 4.79 Å². The molecule has 0 aliphatic carbocycles. The number of halogens is 3. The molecule has 2 aromatic carbocycles. The monoisotopic (exact) mass is 365 g/mol. The smallest absolute Gasteiger partial charge is 0.418 e. The van der Waals surface area contributed by atoms with Crippen LogP contribution in [-0.2, 0) is 11.0 Å². The van der Waals surface area contributed by atoms with Gasteiger partial charge in [-0.2, -0.15) is 13.2 Å². The SMILES string of the molecule is Cc1ccc(C2CC(C(=O)Nc3ccccc3C(F)(F)F)NN2)c(O)c1. The van der Waals surface area contributed by atoms with Gasteiger partial charge < -0.3 is 10.4 Å². The average molecular weight is 365 g/mol. The first kappa shape index (κ1) is 18.2. The first-order valence-corrected chi connectivity index (χ1v) is 8.03. The van der Waals surface area contributed by atoms with Crippen LogP contribution in [0.1, 0.15) is 29.2 Å². The molecule has 1 heterocycles. The third kappa shape index (κ3) is 3.81. The van der Waals surface area contributed by atoms with E-state index in [1.54, 1.807) is 12.1 Å². The molecule has 138 valence electrons. The molecule has 26 heavy (non-hydrogen) atoms. The molecular weight excluding hydrogens is 347 g/mol. The Hall–Kier alpha value is -2.58. The van der Waals surface area contributed by atoms with Crippen LogP contribution in [0.15, 0.2) is 42.5 Å². The summed E-state index contributed by atoms with van der Waals surface area (Å²) in [5, 5.41) is 12.4. The van der Waals surface area contributed by atoms with Gasteiger partial charge >= 0.3 is 6.18 Å². The fourth-order valence-electron chi connectivity index (χ4n) is 2.94. The Bertz CT molecular complexity index is 824. The maximum absolute atomic E-state index is 13.0. The number of amides is 1. The van der Waals surface area contributed by atoms with Crippen molar-refractivity contribution < 1.29 is 23.1 Å². The quantitative estimate of drug-likeness (QED) is 0.674. The van der Waals surface area contributed by atoms with E-state index < -0.39 is 23.7 Å². The molecule has 0 spiro atoms. The van der Waals surface area contributed by atoms with Gasteiger partial charge in [-0.05, 0) is 37.1 Å². The maximum atomic E-state index is 13.0. The van der Waals surface area contributed by atoms with Crippen LogP contribution in [0.3, 0.4) is 0 Å². The number of hydrogen-bond donors (Lipinski definition) is 4. The summed E-state index contributed by atoms with van der Waals surface area (Å²) in [5.74, 6) is -0.476. The van der Waals surface area contributed by atoms with Crippen LogP contribution in [0.5, 0.6) is 5.75 Å². The zero-order chi connectivity index (χ0) is 18.9. The van der Waals surface area contributed by atoms with Crippen LogP contribution < -0.4 is 16.2 Å². The van der Waals surface area contributed by atoms with Gasteiger partial charge in [-0.15, -0.1) is 0 Å². The molecule has 2 unspecified atom stereocenters. The topological polar surface area (TPSA) is 73.4 Å². The highest BCUT2D eigenvalue weighted by atomic mass is 19.4. The van der Waals surface area contributed by atoms with Gasteiger partial charge in [0.2, 0.25) is 5.91 Å². The number of aryl methyl sites for hydroxylation is 1. The first-order chi connectivity index (χ1) is 12.3. The minimum absolute atomic E-state index is 0.104. The van der Waals surface area contributed by atoms with Crippen LogP contribution in [0, 0.1) is 6.92 Å². The summed E-state index contributed by atoms with van der Waals surface area (Å²) in [5.41, 5.74) is 6.01. The Kier molecular flexibility index (Phi) is 4.88. The van der Waals surface area contributed by atoms with Gasteiger partial charge in [0.05, 0.1) is 17.3 Å².